The first-order valence-electron chi connectivity index (χ1n) is 5.75. The Hall–Kier alpha value is -1.22. The number of ether oxygens (including phenoxy) is 1. The number of aliphatic hydroxyl groups excluding tert-OH is 1. The summed E-state index contributed by atoms with van der Waals surface area (Å²) in [5, 5.41) is 9.15. The maximum Gasteiger partial charge on any atom is 0.142 e. The van der Waals surface area contributed by atoms with Crippen LogP contribution in [0.25, 0.3) is 0 Å². The lowest BCUT2D eigenvalue weighted by atomic mass is 10.1. The van der Waals surface area contributed by atoms with Gasteiger partial charge in [-0.15, -0.1) is 0 Å². The SMILES string of the molecule is COc1ccc(C)cc1N1CCC(CO)C1. The Labute approximate surface area is 96.6 Å². The van der Waals surface area contributed by atoms with Crippen molar-refractivity contribution in [1.29, 1.82) is 0 Å². The minimum atomic E-state index is 0.282. The molecule has 0 radical (unpaired) electrons. The molecule has 1 aliphatic rings. The van der Waals surface area contributed by atoms with E-state index >= 15 is 0 Å². The zero-order valence-corrected chi connectivity index (χ0v) is 9.94. The van der Waals surface area contributed by atoms with Crippen molar-refractivity contribution in [2.75, 3.05) is 31.7 Å². The number of aliphatic hydroxyl groups is 1. The molecule has 1 fully saturated rings. The molecule has 1 unspecified atom stereocenters. The number of nitrogens with zero attached hydrogens (tertiary/aromatic N) is 1. The topological polar surface area (TPSA) is 32.7 Å². The van der Waals surface area contributed by atoms with Crippen LogP contribution < -0.4 is 9.64 Å². The van der Waals surface area contributed by atoms with Crippen LogP contribution >= 0.6 is 0 Å². The van der Waals surface area contributed by atoms with Gasteiger partial charge in [-0.1, -0.05) is 6.07 Å². The molecule has 1 aliphatic heterocycles. The zero-order chi connectivity index (χ0) is 11.5. The highest BCUT2D eigenvalue weighted by molar-refractivity contribution is 5.60. The normalized spacial score (nSPS) is 20.2. The number of anilines is 1. The minimum Gasteiger partial charge on any atom is -0.495 e. The van der Waals surface area contributed by atoms with Crippen molar-refractivity contribution >= 4 is 5.69 Å². The van der Waals surface area contributed by atoms with Crippen LogP contribution in [0.4, 0.5) is 5.69 Å². The summed E-state index contributed by atoms with van der Waals surface area (Å²) in [6, 6.07) is 6.22. The largest absolute Gasteiger partial charge is 0.495 e. The lowest BCUT2D eigenvalue weighted by Gasteiger charge is -2.21. The summed E-state index contributed by atoms with van der Waals surface area (Å²) >= 11 is 0. The second kappa shape index (κ2) is 4.74. The summed E-state index contributed by atoms with van der Waals surface area (Å²) in [4.78, 5) is 2.30. The van der Waals surface area contributed by atoms with E-state index in [9.17, 15) is 0 Å². The molecule has 3 nitrogen and oxygen atoms in total. The van der Waals surface area contributed by atoms with Crippen molar-refractivity contribution in [3.05, 3.63) is 23.8 Å². The average Bonchev–Trinajstić information content (AvgIpc) is 2.77. The van der Waals surface area contributed by atoms with Gasteiger partial charge in [0, 0.05) is 25.6 Å². The van der Waals surface area contributed by atoms with Gasteiger partial charge in [0.2, 0.25) is 0 Å². The Bertz CT molecular complexity index is 365. The lowest BCUT2D eigenvalue weighted by Crippen LogP contribution is -2.21. The number of rotatable bonds is 3. The number of methoxy groups -OCH3 is 1. The summed E-state index contributed by atoms with van der Waals surface area (Å²) in [5.74, 6) is 1.33. The number of hydrogen-bond donors (Lipinski definition) is 1. The van der Waals surface area contributed by atoms with Gasteiger partial charge in [0.15, 0.2) is 0 Å². The zero-order valence-electron chi connectivity index (χ0n) is 9.94. The fourth-order valence-electron chi connectivity index (χ4n) is 2.25. The van der Waals surface area contributed by atoms with Gasteiger partial charge in [-0.3, -0.25) is 0 Å². The van der Waals surface area contributed by atoms with E-state index in [1.165, 1.54) is 5.56 Å². The summed E-state index contributed by atoms with van der Waals surface area (Å²) in [7, 11) is 1.70. The van der Waals surface area contributed by atoms with Gasteiger partial charge in [0.1, 0.15) is 5.75 Å². The Morgan fingerprint density at radius 2 is 2.31 bits per heavy atom. The Balaban J connectivity index is 2.22. The maximum absolute atomic E-state index is 9.15. The van der Waals surface area contributed by atoms with Crippen LogP contribution in [0.5, 0.6) is 5.75 Å². The highest BCUT2D eigenvalue weighted by atomic mass is 16.5. The van der Waals surface area contributed by atoms with Crippen LogP contribution in [0.2, 0.25) is 0 Å². The van der Waals surface area contributed by atoms with Crippen molar-refractivity contribution in [1.82, 2.24) is 0 Å². The van der Waals surface area contributed by atoms with Crippen LogP contribution in [-0.4, -0.2) is 31.9 Å². The maximum atomic E-state index is 9.15. The Morgan fingerprint density at radius 3 is 2.94 bits per heavy atom. The molecule has 0 saturated carbocycles. The summed E-state index contributed by atoms with van der Waals surface area (Å²) in [5.41, 5.74) is 2.39. The highest BCUT2D eigenvalue weighted by Crippen LogP contribution is 2.32. The van der Waals surface area contributed by atoms with Gasteiger partial charge in [0.25, 0.3) is 0 Å². The van der Waals surface area contributed by atoms with E-state index in [4.69, 9.17) is 9.84 Å². The summed E-state index contributed by atoms with van der Waals surface area (Å²) in [6.07, 6.45) is 1.06. The first kappa shape index (κ1) is 11.3. The van der Waals surface area contributed by atoms with E-state index in [1.807, 2.05) is 6.07 Å². The van der Waals surface area contributed by atoms with E-state index in [2.05, 4.69) is 24.0 Å². The van der Waals surface area contributed by atoms with Gasteiger partial charge in [0.05, 0.1) is 12.8 Å². The van der Waals surface area contributed by atoms with Crippen LogP contribution in [0.1, 0.15) is 12.0 Å². The standard InChI is InChI=1S/C13H19NO2/c1-10-3-4-13(16-2)12(7-10)14-6-5-11(8-14)9-15/h3-4,7,11,15H,5-6,8-9H2,1-2H3. The highest BCUT2D eigenvalue weighted by Gasteiger charge is 2.23. The van der Waals surface area contributed by atoms with E-state index in [1.54, 1.807) is 7.11 Å². The molecule has 16 heavy (non-hydrogen) atoms. The van der Waals surface area contributed by atoms with Gasteiger partial charge < -0.3 is 14.7 Å². The molecule has 0 bridgehead atoms. The van der Waals surface area contributed by atoms with Crippen LogP contribution in [0, 0.1) is 12.8 Å². The number of hydrogen-bond acceptors (Lipinski definition) is 3. The first-order chi connectivity index (χ1) is 7.74. The van der Waals surface area contributed by atoms with Crippen molar-refractivity contribution in [2.24, 2.45) is 5.92 Å². The van der Waals surface area contributed by atoms with Gasteiger partial charge >= 0.3 is 0 Å². The fraction of sp³-hybridized carbons (Fsp3) is 0.538. The third-order valence-corrected chi connectivity index (χ3v) is 3.22. The fourth-order valence-corrected chi connectivity index (χ4v) is 2.25. The molecule has 0 aliphatic carbocycles. The van der Waals surface area contributed by atoms with Gasteiger partial charge in [-0.2, -0.15) is 0 Å². The molecule has 1 heterocycles. The molecule has 1 aromatic rings. The van der Waals surface area contributed by atoms with E-state index < -0.39 is 0 Å². The predicted octanol–water partition coefficient (Wildman–Crippen LogP) is 1.82. The van der Waals surface area contributed by atoms with Crippen LogP contribution in [0.15, 0.2) is 18.2 Å². The Kier molecular flexibility index (Phi) is 3.34. The first-order valence-corrected chi connectivity index (χ1v) is 5.75. The van der Waals surface area contributed by atoms with E-state index in [-0.39, 0.29) is 6.61 Å². The molecule has 0 spiro atoms. The molecule has 1 atom stereocenters. The second-order valence-electron chi connectivity index (χ2n) is 4.46. The second-order valence-corrected chi connectivity index (χ2v) is 4.46. The molecule has 2 rings (SSSR count). The predicted molar refractivity (Wildman–Crippen MR) is 65.1 cm³/mol. The molecule has 0 amide bonds. The van der Waals surface area contributed by atoms with Crippen molar-refractivity contribution in [2.45, 2.75) is 13.3 Å². The molecule has 1 N–H and O–H groups in total. The molecule has 88 valence electrons. The smallest absolute Gasteiger partial charge is 0.142 e. The minimum absolute atomic E-state index is 0.282. The summed E-state index contributed by atoms with van der Waals surface area (Å²) < 4.78 is 5.38. The molecule has 3 heteroatoms. The quantitative estimate of drug-likeness (QED) is 0.845. The number of aryl methyl sites for hydroxylation is 1. The molecule has 0 aromatic heterocycles. The Morgan fingerprint density at radius 1 is 1.50 bits per heavy atom. The summed E-state index contributed by atoms with van der Waals surface area (Å²) in [6.45, 7) is 4.30. The molecular formula is C13H19NO2. The third kappa shape index (κ3) is 2.14. The van der Waals surface area contributed by atoms with Gasteiger partial charge in [-0.05, 0) is 31.0 Å². The monoisotopic (exact) mass is 221 g/mol. The lowest BCUT2D eigenvalue weighted by molar-refractivity contribution is 0.238. The van der Waals surface area contributed by atoms with Crippen molar-refractivity contribution < 1.29 is 9.84 Å². The third-order valence-electron chi connectivity index (χ3n) is 3.22. The van der Waals surface area contributed by atoms with E-state index in [0.29, 0.717) is 5.92 Å². The van der Waals surface area contributed by atoms with Crippen molar-refractivity contribution in [3.63, 3.8) is 0 Å². The van der Waals surface area contributed by atoms with Gasteiger partial charge in [-0.25, -0.2) is 0 Å². The van der Waals surface area contributed by atoms with Crippen LogP contribution in [-0.2, 0) is 0 Å². The van der Waals surface area contributed by atoms with E-state index in [0.717, 1.165) is 30.9 Å². The van der Waals surface area contributed by atoms with Crippen LogP contribution in [0.3, 0.4) is 0 Å². The number of benzene rings is 1. The molecule has 1 aromatic carbocycles. The molecule has 1 saturated heterocycles. The average molecular weight is 221 g/mol. The molecular weight excluding hydrogens is 202 g/mol. The van der Waals surface area contributed by atoms with Crippen molar-refractivity contribution in [3.8, 4) is 5.75 Å².